The second kappa shape index (κ2) is 9.00. The standard InChI is InChI=1S/C16H28N4O3S/c1-18(2)12-13-20(24(5,22)23)11-10-16(21)17-14-6-8-15(9-7-14)19(3)4/h6-9H,10-13H2,1-5H3,(H,17,21). The van der Waals surface area contributed by atoms with Crippen molar-refractivity contribution in [2.24, 2.45) is 0 Å². The van der Waals surface area contributed by atoms with Gasteiger partial charge in [-0.3, -0.25) is 4.79 Å². The summed E-state index contributed by atoms with van der Waals surface area (Å²) in [6.07, 6.45) is 1.29. The van der Waals surface area contributed by atoms with Crippen LogP contribution in [0, 0.1) is 0 Å². The van der Waals surface area contributed by atoms with E-state index < -0.39 is 10.0 Å². The summed E-state index contributed by atoms with van der Waals surface area (Å²) >= 11 is 0. The fraction of sp³-hybridized carbons (Fsp3) is 0.562. The first-order valence-electron chi connectivity index (χ1n) is 7.76. The summed E-state index contributed by atoms with van der Waals surface area (Å²) in [5, 5.41) is 2.79. The molecule has 136 valence electrons. The largest absolute Gasteiger partial charge is 0.378 e. The molecule has 1 aromatic rings. The van der Waals surface area contributed by atoms with Crippen LogP contribution in [0.1, 0.15) is 6.42 Å². The molecule has 1 N–H and O–H groups in total. The molecule has 0 saturated heterocycles. The second-order valence-corrected chi connectivity index (χ2v) is 8.19. The van der Waals surface area contributed by atoms with E-state index in [9.17, 15) is 13.2 Å². The van der Waals surface area contributed by atoms with Crippen molar-refractivity contribution in [3.05, 3.63) is 24.3 Å². The van der Waals surface area contributed by atoms with E-state index in [1.807, 2.05) is 62.3 Å². The number of benzene rings is 1. The number of amides is 1. The molecule has 8 heteroatoms. The van der Waals surface area contributed by atoms with Crippen LogP contribution in [0.3, 0.4) is 0 Å². The third-order valence-corrected chi connectivity index (χ3v) is 4.82. The maximum Gasteiger partial charge on any atom is 0.225 e. The molecule has 0 fully saturated rings. The van der Waals surface area contributed by atoms with Crippen LogP contribution in [0.15, 0.2) is 24.3 Å². The van der Waals surface area contributed by atoms with E-state index in [4.69, 9.17) is 0 Å². The van der Waals surface area contributed by atoms with Crippen molar-refractivity contribution in [1.29, 1.82) is 0 Å². The number of carbonyl (C=O) groups excluding carboxylic acids is 1. The molecular formula is C16H28N4O3S. The van der Waals surface area contributed by atoms with E-state index in [1.165, 1.54) is 10.6 Å². The van der Waals surface area contributed by atoms with Crippen LogP contribution >= 0.6 is 0 Å². The minimum atomic E-state index is -3.32. The first-order valence-corrected chi connectivity index (χ1v) is 9.61. The third kappa shape index (κ3) is 7.29. The number of hydrogen-bond acceptors (Lipinski definition) is 5. The van der Waals surface area contributed by atoms with Gasteiger partial charge in [0.15, 0.2) is 0 Å². The Balaban J connectivity index is 2.56. The van der Waals surface area contributed by atoms with Gasteiger partial charge in [-0.15, -0.1) is 0 Å². The summed E-state index contributed by atoms with van der Waals surface area (Å²) in [6, 6.07) is 7.48. The van der Waals surface area contributed by atoms with E-state index in [2.05, 4.69) is 5.32 Å². The van der Waals surface area contributed by atoms with Crippen molar-refractivity contribution >= 4 is 27.3 Å². The number of carbonyl (C=O) groups is 1. The molecule has 0 aliphatic rings. The molecule has 0 aliphatic carbocycles. The van der Waals surface area contributed by atoms with Crippen LogP contribution in [0.2, 0.25) is 0 Å². The second-order valence-electron chi connectivity index (χ2n) is 6.20. The lowest BCUT2D eigenvalue weighted by atomic mass is 10.2. The summed E-state index contributed by atoms with van der Waals surface area (Å²) < 4.78 is 24.9. The number of likely N-dealkylation sites (N-methyl/N-ethyl adjacent to an activating group) is 1. The van der Waals surface area contributed by atoms with Crippen molar-refractivity contribution in [1.82, 2.24) is 9.21 Å². The van der Waals surface area contributed by atoms with Gasteiger partial charge in [0, 0.05) is 51.5 Å². The lowest BCUT2D eigenvalue weighted by molar-refractivity contribution is -0.116. The Hall–Kier alpha value is -1.64. The number of nitrogens with zero attached hydrogens (tertiary/aromatic N) is 3. The molecule has 1 aromatic carbocycles. The Labute approximate surface area is 145 Å². The van der Waals surface area contributed by atoms with E-state index in [1.54, 1.807) is 0 Å². The lowest BCUT2D eigenvalue weighted by Crippen LogP contribution is -2.37. The molecule has 0 atom stereocenters. The van der Waals surface area contributed by atoms with Crippen molar-refractivity contribution in [2.75, 3.05) is 64.3 Å². The average molecular weight is 356 g/mol. The highest BCUT2D eigenvalue weighted by molar-refractivity contribution is 7.88. The molecule has 0 bridgehead atoms. The number of nitrogens with one attached hydrogen (secondary N) is 1. The van der Waals surface area contributed by atoms with Gasteiger partial charge in [-0.2, -0.15) is 0 Å². The minimum absolute atomic E-state index is 0.121. The summed E-state index contributed by atoms with van der Waals surface area (Å²) in [6.45, 7) is 1.16. The average Bonchev–Trinajstić information content (AvgIpc) is 2.45. The molecule has 7 nitrogen and oxygen atoms in total. The van der Waals surface area contributed by atoms with Crippen LogP contribution in [-0.4, -0.2) is 77.6 Å². The predicted octanol–water partition coefficient (Wildman–Crippen LogP) is 0.904. The van der Waals surface area contributed by atoms with Crippen molar-refractivity contribution in [2.45, 2.75) is 6.42 Å². The fourth-order valence-electron chi connectivity index (χ4n) is 2.05. The van der Waals surface area contributed by atoms with Gasteiger partial charge in [0.2, 0.25) is 15.9 Å². The van der Waals surface area contributed by atoms with Gasteiger partial charge in [0.1, 0.15) is 0 Å². The van der Waals surface area contributed by atoms with Crippen LogP contribution < -0.4 is 10.2 Å². The first-order chi connectivity index (χ1) is 11.1. The zero-order valence-corrected chi connectivity index (χ0v) is 15.9. The number of hydrogen-bond donors (Lipinski definition) is 1. The molecule has 0 aromatic heterocycles. The fourth-order valence-corrected chi connectivity index (χ4v) is 2.88. The van der Waals surface area contributed by atoms with Gasteiger partial charge in [-0.1, -0.05) is 0 Å². The van der Waals surface area contributed by atoms with Crippen molar-refractivity contribution in [3.63, 3.8) is 0 Å². The molecule has 0 spiro atoms. The predicted molar refractivity (Wildman–Crippen MR) is 99.0 cm³/mol. The monoisotopic (exact) mass is 356 g/mol. The highest BCUT2D eigenvalue weighted by atomic mass is 32.2. The molecule has 0 aliphatic heterocycles. The van der Waals surface area contributed by atoms with Crippen LogP contribution in [0.25, 0.3) is 0 Å². The summed E-state index contributed by atoms with van der Waals surface area (Å²) in [4.78, 5) is 15.9. The lowest BCUT2D eigenvalue weighted by Gasteiger charge is -2.21. The Bertz CT molecular complexity index is 627. The zero-order valence-electron chi connectivity index (χ0n) is 15.1. The van der Waals surface area contributed by atoms with Crippen LogP contribution in [0.5, 0.6) is 0 Å². The highest BCUT2D eigenvalue weighted by Crippen LogP contribution is 2.15. The number of sulfonamides is 1. The Morgan fingerprint density at radius 3 is 2.04 bits per heavy atom. The van der Waals surface area contributed by atoms with E-state index in [0.717, 1.165) is 5.69 Å². The summed E-state index contributed by atoms with van der Waals surface area (Å²) in [7, 11) is 4.33. The van der Waals surface area contributed by atoms with Crippen LogP contribution in [0.4, 0.5) is 11.4 Å². The van der Waals surface area contributed by atoms with E-state index in [0.29, 0.717) is 18.8 Å². The van der Waals surface area contributed by atoms with Gasteiger partial charge < -0.3 is 15.1 Å². The summed E-state index contributed by atoms with van der Waals surface area (Å²) in [5.74, 6) is -0.203. The Morgan fingerprint density at radius 2 is 1.58 bits per heavy atom. The normalized spacial score (nSPS) is 11.8. The quantitative estimate of drug-likeness (QED) is 0.712. The minimum Gasteiger partial charge on any atom is -0.378 e. The van der Waals surface area contributed by atoms with Gasteiger partial charge in [-0.25, -0.2) is 12.7 Å². The molecule has 0 unspecified atom stereocenters. The molecule has 24 heavy (non-hydrogen) atoms. The maximum atomic E-state index is 12.0. The van der Waals surface area contributed by atoms with Crippen molar-refractivity contribution in [3.8, 4) is 0 Å². The third-order valence-electron chi connectivity index (χ3n) is 3.52. The van der Waals surface area contributed by atoms with Gasteiger partial charge in [-0.05, 0) is 38.4 Å². The van der Waals surface area contributed by atoms with Crippen molar-refractivity contribution < 1.29 is 13.2 Å². The van der Waals surface area contributed by atoms with Gasteiger partial charge >= 0.3 is 0 Å². The zero-order chi connectivity index (χ0) is 18.3. The maximum absolute atomic E-state index is 12.0. The molecule has 1 rings (SSSR count). The Morgan fingerprint density at radius 1 is 1.00 bits per heavy atom. The first kappa shape index (κ1) is 20.4. The molecule has 1 amide bonds. The summed E-state index contributed by atoms with van der Waals surface area (Å²) in [5.41, 5.74) is 1.74. The number of anilines is 2. The molecule has 0 saturated carbocycles. The van der Waals surface area contributed by atoms with E-state index >= 15 is 0 Å². The van der Waals surface area contributed by atoms with Gasteiger partial charge in [0.05, 0.1) is 6.26 Å². The molecule has 0 heterocycles. The molecular weight excluding hydrogens is 328 g/mol. The SMILES string of the molecule is CN(C)CCN(CCC(=O)Nc1ccc(N(C)C)cc1)S(C)(=O)=O. The Kier molecular flexibility index (Phi) is 7.65. The molecule has 0 radical (unpaired) electrons. The van der Waals surface area contributed by atoms with Crippen LogP contribution in [-0.2, 0) is 14.8 Å². The number of rotatable bonds is 9. The van der Waals surface area contributed by atoms with Gasteiger partial charge in [0.25, 0.3) is 0 Å². The smallest absolute Gasteiger partial charge is 0.225 e. The topological polar surface area (TPSA) is 73.0 Å². The highest BCUT2D eigenvalue weighted by Gasteiger charge is 2.17. The van der Waals surface area contributed by atoms with E-state index in [-0.39, 0.29) is 18.9 Å².